The second kappa shape index (κ2) is 5.59. The second-order valence-electron chi connectivity index (χ2n) is 3.98. The number of pyridine rings is 1. The van der Waals surface area contributed by atoms with Gasteiger partial charge in [-0.1, -0.05) is 11.6 Å². The molecule has 5 heteroatoms. The lowest BCUT2D eigenvalue weighted by molar-refractivity contribution is 0.221. The van der Waals surface area contributed by atoms with E-state index in [0.717, 1.165) is 0 Å². The summed E-state index contributed by atoms with van der Waals surface area (Å²) in [4.78, 5) is 14.2. The van der Waals surface area contributed by atoms with Crippen LogP contribution < -0.4 is 10.3 Å². The van der Waals surface area contributed by atoms with Gasteiger partial charge in [0.15, 0.2) is 0 Å². The number of ether oxygens (including phenoxy) is 1. The quantitative estimate of drug-likeness (QED) is 0.935. The molecular weight excluding hydrogens is 264 g/mol. The number of rotatable bonds is 3. The number of halogens is 1. The van der Waals surface area contributed by atoms with Gasteiger partial charge in [-0.15, -0.1) is 0 Å². The molecule has 0 aliphatic carbocycles. The zero-order valence-electron chi connectivity index (χ0n) is 10.2. The molecule has 19 heavy (non-hydrogen) atoms. The van der Waals surface area contributed by atoms with E-state index < -0.39 is 5.56 Å². The summed E-state index contributed by atoms with van der Waals surface area (Å²) in [7, 11) is 0. The monoisotopic (exact) mass is 274 g/mol. The minimum atomic E-state index is -0.411. The molecule has 1 N–H and O–H groups in total. The Bertz CT molecular complexity index is 671. The molecule has 2 rings (SSSR count). The summed E-state index contributed by atoms with van der Waals surface area (Å²) in [6.07, 6.45) is -0.332. The van der Waals surface area contributed by atoms with Crippen LogP contribution in [0.4, 0.5) is 0 Å². The van der Waals surface area contributed by atoms with Gasteiger partial charge >= 0.3 is 0 Å². The lowest BCUT2D eigenvalue weighted by Crippen LogP contribution is -2.15. The van der Waals surface area contributed by atoms with E-state index in [4.69, 9.17) is 21.6 Å². The molecule has 1 heterocycles. The maximum absolute atomic E-state index is 11.5. The maximum Gasteiger partial charge on any atom is 0.266 e. The van der Waals surface area contributed by atoms with Crippen LogP contribution in [0.15, 0.2) is 41.2 Å². The van der Waals surface area contributed by atoms with Crippen molar-refractivity contribution in [2.45, 2.75) is 13.0 Å². The van der Waals surface area contributed by atoms with Gasteiger partial charge in [0.2, 0.25) is 0 Å². The third-order valence-corrected chi connectivity index (χ3v) is 2.87. The number of nitriles is 1. The summed E-state index contributed by atoms with van der Waals surface area (Å²) in [5.41, 5.74) is 0.285. The van der Waals surface area contributed by atoms with Crippen molar-refractivity contribution in [2.75, 3.05) is 0 Å². The number of nitrogens with zero attached hydrogens (tertiary/aromatic N) is 1. The van der Waals surface area contributed by atoms with Gasteiger partial charge in [-0.3, -0.25) is 4.79 Å². The van der Waals surface area contributed by atoms with E-state index in [1.165, 1.54) is 6.07 Å². The average molecular weight is 275 g/mol. The highest BCUT2D eigenvalue weighted by Gasteiger charge is 2.09. The minimum absolute atomic E-state index is 0.0856. The minimum Gasteiger partial charge on any atom is -0.485 e. The number of nitrogens with one attached hydrogen (secondary N) is 1. The van der Waals surface area contributed by atoms with Crippen molar-refractivity contribution in [3.63, 3.8) is 0 Å². The SMILES string of the molecule is C[C@H](Oc1ccc(Cl)cc1)c1ccc(C#N)c(=O)[nH]1. The fourth-order valence-corrected chi connectivity index (χ4v) is 1.72. The number of aromatic nitrogens is 1. The number of hydrogen-bond donors (Lipinski definition) is 1. The van der Waals surface area contributed by atoms with E-state index in [9.17, 15) is 4.79 Å². The van der Waals surface area contributed by atoms with Gasteiger partial charge in [0, 0.05) is 5.02 Å². The Balaban J connectivity index is 2.18. The van der Waals surface area contributed by atoms with Gasteiger partial charge in [0.1, 0.15) is 23.5 Å². The van der Waals surface area contributed by atoms with Crippen LogP contribution in [0.3, 0.4) is 0 Å². The Hall–Kier alpha value is -2.25. The van der Waals surface area contributed by atoms with E-state index >= 15 is 0 Å². The molecule has 0 amide bonds. The Kier molecular flexibility index (Phi) is 3.88. The Morgan fingerprint density at radius 1 is 1.26 bits per heavy atom. The van der Waals surface area contributed by atoms with Crippen LogP contribution in [0.5, 0.6) is 5.75 Å². The zero-order chi connectivity index (χ0) is 13.8. The van der Waals surface area contributed by atoms with Crippen LogP contribution in [-0.4, -0.2) is 4.98 Å². The fourth-order valence-electron chi connectivity index (χ4n) is 1.59. The summed E-state index contributed by atoms with van der Waals surface area (Å²) >= 11 is 5.79. The van der Waals surface area contributed by atoms with Gasteiger partial charge in [-0.2, -0.15) is 5.26 Å². The first-order chi connectivity index (χ1) is 9.10. The van der Waals surface area contributed by atoms with E-state index in [0.29, 0.717) is 16.5 Å². The molecule has 1 aromatic heterocycles. The van der Waals surface area contributed by atoms with E-state index in [1.807, 2.05) is 13.0 Å². The lowest BCUT2D eigenvalue weighted by Gasteiger charge is -2.14. The molecule has 0 bridgehead atoms. The van der Waals surface area contributed by atoms with E-state index in [-0.39, 0.29) is 11.7 Å². The van der Waals surface area contributed by atoms with Crippen molar-refractivity contribution in [3.8, 4) is 11.8 Å². The van der Waals surface area contributed by atoms with Crippen LogP contribution in [0.25, 0.3) is 0 Å². The van der Waals surface area contributed by atoms with Gasteiger partial charge in [-0.25, -0.2) is 0 Å². The number of aromatic amines is 1. The molecule has 4 nitrogen and oxygen atoms in total. The first kappa shape index (κ1) is 13.2. The van der Waals surface area contributed by atoms with Crippen LogP contribution >= 0.6 is 11.6 Å². The van der Waals surface area contributed by atoms with Gasteiger partial charge in [-0.05, 0) is 43.3 Å². The molecule has 0 aliphatic heterocycles. The van der Waals surface area contributed by atoms with E-state index in [2.05, 4.69) is 4.98 Å². The number of H-pyrrole nitrogens is 1. The van der Waals surface area contributed by atoms with Crippen LogP contribution in [0.2, 0.25) is 5.02 Å². The number of benzene rings is 1. The smallest absolute Gasteiger partial charge is 0.266 e. The Morgan fingerprint density at radius 2 is 1.95 bits per heavy atom. The van der Waals surface area contributed by atoms with Crippen LogP contribution in [-0.2, 0) is 0 Å². The molecule has 0 spiro atoms. The molecule has 0 radical (unpaired) electrons. The Morgan fingerprint density at radius 3 is 2.53 bits per heavy atom. The molecule has 0 unspecified atom stereocenters. The molecule has 2 aromatic rings. The van der Waals surface area contributed by atoms with E-state index in [1.54, 1.807) is 30.3 Å². The largest absolute Gasteiger partial charge is 0.485 e. The molecule has 1 atom stereocenters. The van der Waals surface area contributed by atoms with Crippen molar-refractivity contribution >= 4 is 11.6 Å². The van der Waals surface area contributed by atoms with Crippen LogP contribution in [0, 0.1) is 11.3 Å². The average Bonchev–Trinajstić information content (AvgIpc) is 2.41. The molecule has 0 aliphatic rings. The summed E-state index contributed by atoms with van der Waals surface area (Å²) < 4.78 is 5.67. The van der Waals surface area contributed by atoms with Crippen molar-refractivity contribution < 1.29 is 4.74 Å². The van der Waals surface area contributed by atoms with Crippen LogP contribution in [0.1, 0.15) is 24.3 Å². The van der Waals surface area contributed by atoms with Crippen molar-refractivity contribution in [1.29, 1.82) is 5.26 Å². The molecule has 0 saturated heterocycles. The topological polar surface area (TPSA) is 65.9 Å². The lowest BCUT2D eigenvalue weighted by atomic mass is 10.2. The third-order valence-electron chi connectivity index (χ3n) is 2.62. The summed E-state index contributed by atoms with van der Waals surface area (Å²) in [6, 6.07) is 11.9. The second-order valence-corrected chi connectivity index (χ2v) is 4.42. The highest BCUT2D eigenvalue weighted by Crippen LogP contribution is 2.21. The highest BCUT2D eigenvalue weighted by atomic mass is 35.5. The first-order valence-corrected chi connectivity index (χ1v) is 6.03. The zero-order valence-corrected chi connectivity index (χ0v) is 10.9. The molecular formula is C14H11ClN2O2. The summed E-state index contributed by atoms with van der Waals surface area (Å²) in [5.74, 6) is 0.655. The predicted octanol–water partition coefficient (Wildman–Crippen LogP) is 3.04. The van der Waals surface area contributed by atoms with Gasteiger partial charge < -0.3 is 9.72 Å². The van der Waals surface area contributed by atoms with Crippen molar-refractivity contribution in [2.24, 2.45) is 0 Å². The van der Waals surface area contributed by atoms with Gasteiger partial charge in [0.25, 0.3) is 5.56 Å². The Labute approximate surface area is 115 Å². The standard InChI is InChI=1S/C14H11ClN2O2/c1-9(19-12-5-3-11(15)4-6-12)13-7-2-10(8-16)14(18)17-13/h2-7,9H,1H3,(H,17,18)/t9-/m0/s1. The van der Waals surface area contributed by atoms with Gasteiger partial charge in [0.05, 0.1) is 5.69 Å². The first-order valence-electron chi connectivity index (χ1n) is 5.65. The summed E-state index contributed by atoms with van der Waals surface area (Å²) in [5, 5.41) is 9.33. The number of hydrogen-bond acceptors (Lipinski definition) is 3. The molecule has 0 saturated carbocycles. The summed E-state index contributed by atoms with van der Waals surface area (Å²) in [6.45, 7) is 1.81. The molecule has 96 valence electrons. The predicted molar refractivity (Wildman–Crippen MR) is 72.3 cm³/mol. The normalized spacial score (nSPS) is 11.6. The van der Waals surface area contributed by atoms with Crippen molar-refractivity contribution in [1.82, 2.24) is 4.98 Å². The maximum atomic E-state index is 11.5. The third kappa shape index (κ3) is 3.15. The van der Waals surface area contributed by atoms with Crippen molar-refractivity contribution in [3.05, 3.63) is 63.0 Å². The fraction of sp³-hybridized carbons (Fsp3) is 0.143. The highest BCUT2D eigenvalue weighted by molar-refractivity contribution is 6.30. The molecule has 1 aromatic carbocycles. The molecule has 0 fully saturated rings.